The lowest BCUT2D eigenvalue weighted by Crippen LogP contribution is -2.28. The Hall–Kier alpha value is -1.09. The second kappa shape index (κ2) is 5.30. The molecule has 0 saturated carbocycles. The van der Waals surface area contributed by atoms with Crippen molar-refractivity contribution in [2.45, 2.75) is 12.8 Å². The van der Waals surface area contributed by atoms with Crippen LogP contribution in [-0.4, -0.2) is 34.8 Å². The van der Waals surface area contributed by atoms with E-state index in [2.05, 4.69) is 4.98 Å². The van der Waals surface area contributed by atoms with Crippen molar-refractivity contribution in [1.29, 1.82) is 0 Å². The maximum atomic E-state index is 12.0. The van der Waals surface area contributed by atoms with Crippen LogP contribution in [0.3, 0.4) is 0 Å². The number of aromatic nitrogens is 1. The number of alkyl halides is 1. The van der Waals surface area contributed by atoms with Crippen molar-refractivity contribution in [3.05, 3.63) is 30.1 Å². The quantitative estimate of drug-likeness (QED) is 0.757. The molecule has 0 radical (unpaired) electrons. The fraction of sp³-hybridized carbons (Fsp3) is 0.500. The lowest BCUT2D eigenvalue weighted by Gasteiger charge is -2.16. The highest BCUT2D eigenvalue weighted by Crippen LogP contribution is 2.21. The summed E-state index contributed by atoms with van der Waals surface area (Å²) in [4.78, 5) is 17.9. The Morgan fingerprint density at radius 1 is 1.62 bits per heavy atom. The third kappa shape index (κ3) is 2.53. The van der Waals surface area contributed by atoms with Crippen LogP contribution in [0.5, 0.6) is 0 Å². The smallest absolute Gasteiger partial charge is 0.255 e. The van der Waals surface area contributed by atoms with Gasteiger partial charge in [-0.3, -0.25) is 9.78 Å². The Morgan fingerprint density at radius 2 is 2.50 bits per heavy atom. The largest absolute Gasteiger partial charge is 0.338 e. The molecule has 0 bridgehead atoms. The zero-order valence-corrected chi connectivity index (χ0v) is 9.86. The summed E-state index contributed by atoms with van der Waals surface area (Å²) in [5, 5.41) is 0. The van der Waals surface area contributed by atoms with Crippen LogP contribution >= 0.6 is 11.6 Å². The molecule has 1 aliphatic heterocycles. The Kier molecular flexibility index (Phi) is 3.78. The first-order chi connectivity index (χ1) is 7.81. The lowest BCUT2D eigenvalue weighted by atomic mass is 10.1. The van der Waals surface area contributed by atoms with Gasteiger partial charge < -0.3 is 4.90 Å². The predicted octanol–water partition coefficient (Wildman–Crippen LogP) is 2.17. The molecule has 0 aliphatic carbocycles. The van der Waals surface area contributed by atoms with Gasteiger partial charge in [-0.25, -0.2) is 0 Å². The summed E-state index contributed by atoms with van der Waals surface area (Å²) in [5.74, 6) is 1.34. The zero-order valence-electron chi connectivity index (χ0n) is 9.10. The molecule has 2 rings (SSSR count). The van der Waals surface area contributed by atoms with Crippen molar-refractivity contribution in [3.63, 3.8) is 0 Å². The maximum absolute atomic E-state index is 12.0. The first-order valence-corrected chi connectivity index (χ1v) is 6.10. The van der Waals surface area contributed by atoms with Gasteiger partial charge in [-0.15, -0.1) is 11.6 Å². The molecule has 0 aromatic carbocycles. The highest BCUT2D eigenvalue weighted by Gasteiger charge is 2.26. The average Bonchev–Trinajstić information content (AvgIpc) is 2.78. The predicted molar refractivity (Wildman–Crippen MR) is 63.6 cm³/mol. The number of carbonyl (C=O) groups is 1. The van der Waals surface area contributed by atoms with E-state index >= 15 is 0 Å². The highest BCUT2D eigenvalue weighted by atomic mass is 35.5. The first kappa shape index (κ1) is 11.4. The van der Waals surface area contributed by atoms with Gasteiger partial charge in [0, 0.05) is 31.4 Å². The summed E-state index contributed by atoms with van der Waals surface area (Å²) in [5.41, 5.74) is 0.675. The van der Waals surface area contributed by atoms with Gasteiger partial charge in [0.1, 0.15) is 0 Å². The Bertz CT molecular complexity index is 355. The Balaban J connectivity index is 1.97. The summed E-state index contributed by atoms with van der Waals surface area (Å²) in [6.45, 7) is 1.68. The summed E-state index contributed by atoms with van der Waals surface area (Å²) >= 11 is 5.71. The molecular weight excluding hydrogens is 224 g/mol. The molecule has 3 nitrogen and oxygen atoms in total. The molecule has 1 unspecified atom stereocenters. The Labute approximate surface area is 100 Å². The summed E-state index contributed by atoms with van der Waals surface area (Å²) < 4.78 is 0. The van der Waals surface area contributed by atoms with Gasteiger partial charge in [0.25, 0.3) is 5.91 Å². The molecule has 86 valence electrons. The Morgan fingerprint density at radius 3 is 3.19 bits per heavy atom. The van der Waals surface area contributed by atoms with Crippen LogP contribution in [0.4, 0.5) is 0 Å². The molecule has 1 aromatic heterocycles. The van der Waals surface area contributed by atoms with Crippen molar-refractivity contribution in [1.82, 2.24) is 9.88 Å². The fourth-order valence-electron chi connectivity index (χ4n) is 2.08. The van der Waals surface area contributed by atoms with Gasteiger partial charge in [-0.2, -0.15) is 0 Å². The normalized spacial score (nSPS) is 20.1. The minimum atomic E-state index is 0.0881. The van der Waals surface area contributed by atoms with E-state index in [1.165, 1.54) is 0 Å². The number of nitrogens with zero attached hydrogens (tertiary/aromatic N) is 2. The summed E-state index contributed by atoms with van der Waals surface area (Å²) in [6.07, 6.45) is 5.37. The number of carbonyl (C=O) groups excluding carboxylic acids is 1. The van der Waals surface area contributed by atoms with Crippen molar-refractivity contribution in [3.8, 4) is 0 Å². The van der Waals surface area contributed by atoms with E-state index < -0.39 is 0 Å². The van der Waals surface area contributed by atoms with Crippen LogP contribution in [0, 0.1) is 5.92 Å². The maximum Gasteiger partial charge on any atom is 0.255 e. The molecule has 1 aromatic rings. The van der Waals surface area contributed by atoms with Crippen LogP contribution in [0.2, 0.25) is 0 Å². The zero-order chi connectivity index (χ0) is 11.4. The second-order valence-corrected chi connectivity index (χ2v) is 4.50. The van der Waals surface area contributed by atoms with Gasteiger partial charge in [0.2, 0.25) is 0 Å². The number of halogens is 1. The number of rotatable bonds is 3. The summed E-state index contributed by atoms with van der Waals surface area (Å²) in [6, 6.07) is 3.60. The van der Waals surface area contributed by atoms with Crippen LogP contribution in [-0.2, 0) is 0 Å². The minimum absolute atomic E-state index is 0.0881. The van der Waals surface area contributed by atoms with Gasteiger partial charge in [0.15, 0.2) is 0 Å². The van der Waals surface area contributed by atoms with Gasteiger partial charge in [-0.1, -0.05) is 0 Å². The van der Waals surface area contributed by atoms with E-state index in [0.29, 0.717) is 17.4 Å². The monoisotopic (exact) mass is 238 g/mol. The van der Waals surface area contributed by atoms with Gasteiger partial charge >= 0.3 is 0 Å². The first-order valence-electron chi connectivity index (χ1n) is 5.56. The van der Waals surface area contributed by atoms with E-state index in [0.717, 1.165) is 25.9 Å². The van der Waals surface area contributed by atoms with Crippen LogP contribution in [0.25, 0.3) is 0 Å². The average molecular weight is 239 g/mol. The van der Waals surface area contributed by atoms with E-state index in [1.807, 2.05) is 11.0 Å². The molecule has 1 saturated heterocycles. The molecule has 1 atom stereocenters. The van der Waals surface area contributed by atoms with Crippen molar-refractivity contribution in [2.75, 3.05) is 19.0 Å². The molecule has 16 heavy (non-hydrogen) atoms. The molecule has 1 amide bonds. The number of pyridine rings is 1. The van der Waals surface area contributed by atoms with Gasteiger partial charge in [-0.05, 0) is 30.9 Å². The van der Waals surface area contributed by atoms with E-state index in [9.17, 15) is 4.79 Å². The number of likely N-dealkylation sites (tertiary alicyclic amines) is 1. The molecule has 2 heterocycles. The standard InChI is InChI=1S/C12H15ClN2O/c13-5-3-10-4-7-15(9-10)12(16)11-2-1-6-14-8-11/h1-2,6,8,10H,3-5,7,9H2. The molecule has 1 aliphatic rings. The van der Waals surface area contributed by atoms with Crippen LogP contribution in [0.1, 0.15) is 23.2 Å². The minimum Gasteiger partial charge on any atom is -0.338 e. The SMILES string of the molecule is O=C(c1cccnc1)N1CCC(CCCl)C1. The lowest BCUT2D eigenvalue weighted by molar-refractivity contribution is 0.0786. The molecule has 4 heteroatoms. The van der Waals surface area contributed by atoms with Gasteiger partial charge in [0.05, 0.1) is 5.56 Å². The number of hydrogen-bond donors (Lipinski definition) is 0. The number of amides is 1. The van der Waals surface area contributed by atoms with Crippen molar-refractivity contribution >= 4 is 17.5 Å². The van der Waals surface area contributed by atoms with E-state index in [4.69, 9.17) is 11.6 Å². The topological polar surface area (TPSA) is 33.2 Å². The molecule has 1 fully saturated rings. The van der Waals surface area contributed by atoms with E-state index in [1.54, 1.807) is 18.5 Å². The second-order valence-electron chi connectivity index (χ2n) is 4.13. The van der Waals surface area contributed by atoms with Crippen molar-refractivity contribution in [2.24, 2.45) is 5.92 Å². The van der Waals surface area contributed by atoms with Crippen LogP contribution < -0.4 is 0 Å². The molecule has 0 spiro atoms. The molecule has 0 N–H and O–H groups in total. The van der Waals surface area contributed by atoms with Crippen molar-refractivity contribution < 1.29 is 4.79 Å². The third-order valence-corrected chi connectivity index (χ3v) is 3.22. The fourth-order valence-corrected chi connectivity index (χ4v) is 2.39. The summed E-state index contributed by atoms with van der Waals surface area (Å²) in [7, 11) is 0. The third-order valence-electron chi connectivity index (χ3n) is 3.00. The van der Waals surface area contributed by atoms with Crippen LogP contribution in [0.15, 0.2) is 24.5 Å². The highest BCUT2D eigenvalue weighted by molar-refractivity contribution is 6.17. The van der Waals surface area contributed by atoms with E-state index in [-0.39, 0.29) is 5.91 Å². The molecular formula is C12H15ClN2O. The number of hydrogen-bond acceptors (Lipinski definition) is 2.